The molecule has 1 N–H and O–H groups in total. The molecule has 0 aliphatic carbocycles. The molecule has 2 aromatic rings. The van der Waals surface area contributed by atoms with Crippen LogP contribution in [0.4, 0.5) is 14.5 Å². The summed E-state index contributed by atoms with van der Waals surface area (Å²) in [6, 6.07) is 13.5. The fourth-order valence-electron chi connectivity index (χ4n) is 1.56. The molecule has 0 unspecified atom stereocenters. The smallest absolute Gasteiger partial charge is 0.288 e. The maximum Gasteiger partial charge on any atom is 0.288 e. The Kier molecular flexibility index (Phi) is 5.36. The molecule has 0 atom stereocenters. The van der Waals surface area contributed by atoms with Crippen LogP contribution in [-0.4, -0.2) is 11.7 Å². The first-order valence-corrected chi connectivity index (χ1v) is 7.63. The van der Waals surface area contributed by atoms with Gasteiger partial charge in [-0.25, -0.2) is 0 Å². The normalized spacial score (nSPS) is 10.6. The maximum absolute atomic E-state index is 12.5. The van der Waals surface area contributed by atoms with Gasteiger partial charge in [0.05, 0.1) is 5.69 Å². The Morgan fingerprint density at radius 2 is 1.75 bits per heavy atom. The number of hydrogen-bond acceptors (Lipinski definition) is 2. The monoisotopic (exact) mass is 405 g/mol. The molecule has 0 aliphatic heterocycles. The summed E-state index contributed by atoms with van der Waals surface area (Å²) in [5, 5.41) is 2.66. The Labute approximate surface area is 133 Å². The van der Waals surface area contributed by atoms with E-state index >= 15 is 0 Å². The quantitative estimate of drug-likeness (QED) is 0.582. The third-order valence-electron chi connectivity index (χ3n) is 2.46. The standard InChI is InChI=1S/C14H10F2INOS/c15-14(16)20-12-4-2-1-3-11(12)18-13(19)9-5-7-10(17)8-6-9/h1-8,14H,(H,18,19). The number of carbonyl (C=O) groups excluding carboxylic acids is 1. The summed E-state index contributed by atoms with van der Waals surface area (Å²) in [6.07, 6.45) is 0. The van der Waals surface area contributed by atoms with Gasteiger partial charge in [-0.3, -0.25) is 4.79 Å². The number of benzene rings is 2. The zero-order valence-corrected chi connectivity index (χ0v) is 13.1. The van der Waals surface area contributed by atoms with Crippen molar-refractivity contribution in [1.82, 2.24) is 0 Å². The van der Waals surface area contributed by atoms with Crippen LogP contribution in [0.3, 0.4) is 0 Å². The topological polar surface area (TPSA) is 29.1 Å². The van der Waals surface area contributed by atoms with Gasteiger partial charge in [-0.05, 0) is 59.0 Å². The minimum Gasteiger partial charge on any atom is -0.321 e. The molecule has 104 valence electrons. The summed E-state index contributed by atoms with van der Waals surface area (Å²) in [5.74, 6) is -2.84. The van der Waals surface area contributed by atoms with Crippen LogP contribution in [0.15, 0.2) is 53.4 Å². The van der Waals surface area contributed by atoms with E-state index < -0.39 is 5.76 Å². The maximum atomic E-state index is 12.5. The number of nitrogens with one attached hydrogen (secondary N) is 1. The van der Waals surface area contributed by atoms with Gasteiger partial charge in [0.2, 0.25) is 0 Å². The second-order valence-corrected chi connectivity index (χ2v) is 6.11. The van der Waals surface area contributed by atoms with Gasteiger partial charge in [-0.2, -0.15) is 8.78 Å². The van der Waals surface area contributed by atoms with Crippen LogP contribution >= 0.6 is 34.4 Å². The first-order valence-electron chi connectivity index (χ1n) is 5.67. The van der Waals surface area contributed by atoms with Gasteiger partial charge in [0, 0.05) is 14.0 Å². The Bertz CT molecular complexity index is 604. The van der Waals surface area contributed by atoms with E-state index in [1.54, 1.807) is 36.4 Å². The highest BCUT2D eigenvalue weighted by Crippen LogP contribution is 2.31. The van der Waals surface area contributed by atoms with Crippen molar-refractivity contribution in [3.63, 3.8) is 0 Å². The summed E-state index contributed by atoms with van der Waals surface area (Å²) in [6.45, 7) is 0. The molecule has 0 fully saturated rings. The summed E-state index contributed by atoms with van der Waals surface area (Å²) in [5.41, 5.74) is 0.878. The molecule has 0 saturated carbocycles. The molecule has 0 saturated heterocycles. The van der Waals surface area contributed by atoms with Crippen LogP contribution in [0.2, 0.25) is 0 Å². The van der Waals surface area contributed by atoms with Crippen molar-refractivity contribution in [2.75, 3.05) is 5.32 Å². The SMILES string of the molecule is O=C(Nc1ccccc1SC(F)F)c1ccc(I)cc1. The molecule has 0 radical (unpaired) electrons. The third-order valence-corrected chi connectivity index (χ3v) is 3.96. The van der Waals surface area contributed by atoms with E-state index in [9.17, 15) is 13.6 Å². The number of alkyl halides is 2. The molecule has 1 amide bonds. The van der Waals surface area contributed by atoms with E-state index in [2.05, 4.69) is 27.9 Å². The van der Waals surface area contributed by atoms with Crippen molar-refractivity contribution in [2.24, 2.45) is 0 Å². The number of hydrogen-bond donors (Lipinski definition) is 1. The highest BCUT2D eigenvalue weighted by atomic mass is 127. The average Bonchev–Trinajstić information content (AvgIpc) is 2.41. The van der Waals surface area contributed by atoms with Gasteiger partial charge < -0.3 is 5.32 Å². The van der Waals surface area contributed by atoms with Crippen LogP contribution in [-0.2, 0) is 0 Å². The average molecular weight is 405 g/mol. The molecule has 0 spiro atoms. The lowest BCUT2D eigenvalue weighted by molar-refractivity contribution is 0.102. The van der Waals surface area contributed by atoms with E-state index in [0.29, 0.717) is 27.9 Å². The highest BCUT2D eigenvalue weighted by Gasteiger charge is 2.12. The first kappa shape index (κ1) is 15.2. The number of amides is 1. The molecular weight excluding hydrogens is 395 g/mol. The zero-order chi connectivity index (χ0) is 14.5. The zero-order valence-electron chi connectivity index (χ0n) is 10.1. The second-order valence-electron chi connectivity index (χ2n) is 3.84. The van der Waals surface area contributed by atoms with Crippen LogP contribution in [0.25, 0.3) is 0 Å². The number of carbonyl (C=O) groups is 1. The summed E-state index contributed by atoms with van der Waals surface area (Å²) in [7, 11) is 0. The lowest BCUT2D eigenvalue weighted by atomic mass is 10.2. The van der Waals surface area contributed by atoms with Crippen LogP contribution in [0.5, 0.6) is 0 Å². The number of anilines is 1. The minimum absolute atomic E-state index is 0.316. The van der Waals surface area contributed by atoms with Crippen LogP contribution in [0, 0.1) is 3.57 Å². The van der Waals surface area contributed by atoms with E-state index in [-0.39, 0.29) is 5.91 Å². The molecule has 0 aliphatic rings. The van der Waals surface area contributed by atoms with Crippen molar-refractivity contribution >= 4 is 45.9 Å². The molecule has 2 nitrogen and oxygen atoms in total. The Morgan fingerprint density at radius 3 is 2.40 bits per heavy atom. The van der Waals surface area contributed by atoms with Gasteiger partial charge in [0.15, 0.2) is 0 Å². The number of halogens is 3. The van der Waals surface area contributed by atoms with E-state index in [1.165, 1.54) is 0 Å². The van der Waals surface area contributed by atoms with Gasteiger partial charge in [0.25, 0.3) is 11.7 Å². The van der Waals surface area contributed by atoms with Gasteiger partial charge in [-0.1, -0.05) is 23.9 Å². The van der Waals surface area contributed by atoms with Gasteiger partial charge >= 0.3 is 0 Å². The fraction of sp³-hybridized carbons (Fsp3) is 0.0714. The lowest BCUT2D eigenvalue weighted by Gasteiger charge is -2.10. The number of para-hydroxylation sites is 1. The van der Waals surface area contributed by atoms with E-state index in [4.69, 9.17) is 0 Å². The molecule has 2 aromatic carbocycles. The third kappa shape index (κ3) is 4.17. The summed E-state index contributed by atoms with van der Waals surface area (Å²) < 4.78 is 25.9. The largest absolute Gasteiger partial charge is 0.321 e. The Morgan fingerprint density at radius 1 is 1.10 bits per heavy atom. The van der Waals surface area contributed by atoms with Crippen LogP contribution in [0.1, 0.15) is 10.4 Å². The predicted octanol–water partition coefficient (Wildman–Crippen LogP) is 4.86. The summed E-state index contributed by atoms with van der Waals surface area (Å²) in [4.78, 5) is 12.4. The number of thioether (sulfide) groups is 1. The first-order chi connectivity index (χ1) is 9.56. The van der Waals surface area contributed by atoms with Crippen molar-refractivity contribution < 1.29 is 13.6 Å². The van der Waals surface area contributed by atoms with Crippen molar-refractivity contribution in [2.45, 2.75) is 10.7 Å². The molecular formula is C14H10F2INOS. The number of rotatable bonds is 4. The molecule has 6 heteroatoms. The predicted molar refractivity (Wildman–Crippen MR) is 85.4 cm³/mol. The Hall–Kier alpha value is -1.15. The van der Waals surface area contributed by atoms with Crippen molar-refractivity contribution in [1.29, 1.82) is 0 Å². The van der Waals surface area contributed by atoms with Gasteiger partial charge in [-0.15, -0.1) is 0 Å². The molecule has 2 rings (SSSR count). The van der Waals surface area contributed by atoms with E-state index in [1.807, 2.05) is 12.1 Å². The Balaban J connectivity index is 2.17. The second kappa shape index (κ2) is 7.03. The van der Waals surface area contributed by atoms with Crippen molar-refractivity contribution in [3.05, 3.63) is 57.7 Å². The van der Waals surface area contributed by atoms with Crippen LogP contribution < -0.4 is 5.32 Å². The fourth-order valence-corrected chi connectivity index (χ4v) is 2.52. The highest BCUT2D eigenvalue weighted by molar-refractivity contribution is 14.1. The molecule has 0 heterocycles. The van der Waals surface area contributed by atoms with Crippen molar-refractivity contribution in [3.8, 4) is 0 Å². The molecule has 0 bridgehead atoms. The molecule has 0 aromatic heterocycles. The lowest BCUT2D eigenvalue weighted by Crippen LogP contribution is -2.12. The minimum atomic E-state index is -2.52. The van der Waals surface area contributed by atoms with E-state index in [0.717, 1.165) is 3.57 Å². The molecule has 20 heavy (non-hydrogen) atoms. The van der Waals surface area contributed by atoms with Gasteiger partial charge in [0.1, 0.15) is 0 Å². The summed E-state index contributed by atoms with van der Waals surface area (Å²) >= 11 is 2.56.